The highest BCUT2D eigenvalue weighted by Crippen LogP contribution is 2.28. The third kappa shape index (κ3) is 4.91. The molecule has 25 heavy (non-hydrogen) atoms. The Bertz CT molecular complexity index is 661. The first kappa shape index (κ1) is 18.7. The summed E-state index contributed by atoms with van der Waals surface area (Å²) >= 11 is 0. The summed E-state index contributed by atoms with van der Waals surface area (Å²) in [5.41, 5.74) is -0.344. The van der Waals surface area contributed by atoms with Crippen LogP contribution in [0.1, 0.15) is 43.0 Å². The first-order valence-corrected chi connectivity index (χ1v) is 8.21. The van der Waals surface area contributed by atoms with Crippen molar-refractivity contribution in [2.24, 2.45) is 5.92 Å². The van der Waals surface area contributed by atoms with Crippen LogP contribution < -0.4 is 10.1 Å². The summed E-state index contributed by atoms with van der Waals surface area (Å²) in [7, 11) is 1.19. The van der Waals surface area contributed by atoms with Gasteiger partial charge in [-0.2, -0.15) is 0 Å². The smallest absolute Gasteiger partial charge is 0.338 e. The number of ether oxygens (including phenoxy) is 2. The number of amides is 1. The Morgan fingerprint density at radius 2 is 2.04 bits per heavy atom. The van der Waals surface area contributed by atoms with E-state index < -0.39 is 10.9 Å². The maximum Gasteiger partial charge on any atom is 0.338 e. The minimum Gasteiger partial charge on any atom is -0.477 e. The van der Waals surface area contributed by atoms with Crippen LogP contribution in [0.4, 0.5) is 5.69 Å². The van der Waals surface area contributed by atoms with Crippen molar-refractivity contribution < 1.29 is 24.0 Å². The standard InChI is InChI=1S/C17H22N2O6/c1-11-5-3-4-6-13(11)18-16(20)10-25-15-8-7-12(17(21)24-2)9-14(15)19(22)23/h7-9,11,13H,3-6,10H2,1-2H3,(H,18,20)/t11-,13+/m1/s1. The fourth-order valence-electron chi connectivity index (χ4n) is 2.95. The third-order valence-corrected chi connectivity index (χ3v) is 4.39. The maximum absolute atomic E-state index is 12.1. The number of nitro groups is 1. The Hall–Kier alpha value is -2.64. The molecule has 1 saturated carbocycles. The average Bonchev–Trinajstić information content (AvgIpc) is 2.61. The zero-order valence-electron chi connectivity index (χ0n) is 14.3. The molecule has 136 valence electrons. The molecule has 2 atom stereocenters. The molecule has 0 aromatic heterocycles. The van der Waals surface area contributed by atoms with E-state index in [1.54, 1.807) is 0 Å². The lowest BCUT2D eigenvalue weighted by molar-refractivity contribution is -0.385. The van der Waals surface area contributed by atoms with Gasteiger partial charge in [0, 0.05) is 12.1 Å². The van der Waals surface area contributed by atoms with Gasteiger partial charge in [-0.05, 0) is 30.9 Å². The van der Waals surface area contributed by atoms with Gasteiger partial charge in [-0.15, -0.1) is 0 Å². The number of carbonyl (C=O) groups is 2. The predicted molar refractivity (Wildman–Crippen MR) is 89.5 cm³/mol. The van der Waals surface area contributed by atoms with Crippen molar-refractivity contribution in [3.8, 4) is 5.75 Å². The quantitative estimate of drug-likeness (QED) is 0.480. The van der Waals surface area contributed by atoms with Crippen LogP contribution >= 0.6 is 0 Å². The summed E-state index contributed by atoms with van der Waals surface area (Å²) in [5.74, 6) is -0.653. The molecule has 8 nitrogen and oxygen atoms in total. The number of nitrogens with zero attached hydrogens (tertiary/aromatic N) is 1. The molecule has 0 unspecified atom stereocenters. The van der Waals surface area contributed by atoms with Gasteiger partial charge in [0.2, 0.25) is 0 Å². The van der Waals surface area contributed by atoms with Gasteiger partial charge in [0.15, 0.2) is 12.4 Å². The van der Waals surface area contributed by atoms with Gasteiger partial charge >= 0.3 is 11.7 Å². The molecule has 1 fully saturated rings. The van der Waals surface area contributed by atoms with Crippen LogP contribution in [0, 0.1) is 16.0 Å². The SMILES string of the molecule is COC(=O)c1ccc(OCC(=O)N[C@H]2CCCC[C@H]2C)c([N+](=O)[O-])c1. The van der Waals surface area contributed by atoms with E-state index in [1.807, 2.05) is 0 Å². The van der Waals surface area contributed by atoms with E-state index in [0.29, 0.717) is 5.92 Å². The number of hydrogen-bond donors (Lipinski definition) is 1. The van der Waals surface area contributed by atoms with E-state index in [0.717, 1.165) is 25.3 Å². The van der Waals surface area contributed by atoms with Crippen LogP contribution in [0.3, 0.4) is 0 Å². The summed E-state index contributed by atoms with van der Waals surface area (Å²) in [5, 5.41) is 14.1. The average molecular weight is 350 g/mol. The molecule has 1 N–H and O–H groups in total. The molecule has 1 aromatic rings. The fraction of sp³-hybridized carbons (Fsp3) is 0.529. The number of carbonyl (C=O) groups excluding carboxylic acids is 2. The van der Waals surface area contributed by atoms with Crippen LogP contribution in [-0.4, -0.2) is 36.6 Å². The number of nitrogens with one attached hydrogen (secondary N) is 1. The molecule has 0 radical (unpaired) electrons. The van der Waals surface area contributed by atoms with E-state index in [9.17, 15) is 19.7 Å². The maximum atomic E-state index is 12.1. The van der Waals surface area contributed by atoms with Crippen LogP contribution in [0.15, 0.2) is 18.2 Å². The molecule has 0 saturated heterocycles. The second-order valence-electron chi connectivity index (χ2n) is 6.16. The molecule has 8 heteroatoms. The van der Waals surface area contributed by atoms with Crippen molar-refractivity contribution in [2.75, 3.05) is 13.7 Å². The number of nitro benzene ring substituents is 1. The molecule has 1 aromatic carbocycles. The van der Waals surface area contributed by atoms with E-state index in [1.165, 1.54) is 25.7 Å². The molecule has 0 heterocycles. The Morgan fingerprint density at radius 3 is 2.68 bits per heavy atom. The summed E-state index contributed by atoms with van der Waals surface area (Å²) in [6.45, 7) is 1.78. The van der Waals surface area contributed by atoms with Crippen LogP contribution in [0.2, 0.25) is 0 Å². The highest BCUT2D eigenvalue weighted by molar-refractivity contribution is 5.90. The lowest BCUT2D eigenvalue weighted by atomic mass is 9.86. The van der Waals surface area contributed by atoms with Crippen molar-refractivity contribution in [2.45, 2.75) is 38.6 Å². The highest BCUT2D eigenvalue weighted by atomic mass is 16.6. The van der Waals surface area contributed by atoms with Gasteiger partial charge in [0.25, 0.3) is 5.91 Å². The topological polar surface area (TPSA) is 108 Å². The fourth-order valence-corrected chi connectivity index (χ4v) is 2.95. The van der Waals surface area contributed by atoms with E-state index in [4.69, 9.17) is 4.74 Å². The molecule has 0 spiro atoms. The molecule has 0 bridgehead atoms. The molecular formula is C17H22N2O6. The Labute approximate surface area is 145 Å². The van der Waals surface area contributed by atoms with Gasteiger partial charge in [0.05, 0.1) is 17.6 Å². The Morgan fingerprint density at radius 1 is 1.32 bits per heavy atom. The van der Waals surface area contributed by atoms with Crippen molar-refractivity contribution in [3.63, 3.8) is 0 Å². The number of esters is 1. The minimum absolute atomic E-state index is 0.0435. The second kappa shape index (κ2) is 8.46. The minimum atomic E-state index is -0.682. The molecule has 1 aliphatic rings. The van der Waals surface area contributed by atoms with Crippen LogP contribution in [-0.2, 0) is 9.53 Å². The van der Waals surface area contributed by atoms with E-state index >= 15 is 0 Å². The van der Waals surface area contributed by atoms with Crippen molar-refractivity contribution in [3.05, 3.63) is 33.9 Å². The van der Waals surface area contributed by atoms with Gasteiger partial charge in [-0.3, -0.25) is 14.9 Å². The van der Waals surface area contributed by atoms with Crippen molar-refractivity contribution in [1.82, 2.24) is 5.32 Å². The van der Waals surface area contributed by atoms with E-state index in [2.05, 4.69) is 17.0 Å². The predicted octanol–water partition coefficient (Wildman–Crippen LogP) is 2.46. The van der Waals surface area contributed by atoms with Gasteiger partial charge in [-0.25, -0.2) is 4.79 Å². The van der Waals surface area contributed by atoms with Gasteiger partial charge < -0.3 is 14.8 Å². The molecular weight excluding hydrogens is 328 g/mol. The normalized spacial score (nSPS) is 19.8. The molecule has 1 amide bonds. The highest BCUT2D eigenvalue weighted by Gasteiger charge is 2.24. The van der Waals surface area contributed by atoms with Gasteiger partial charge in [0.1, 0.15) is 0 Å². The van der Waals surface area contributed by atoms with Crippen LogP contribution in [0.25, 0.3) is 0 Å². The number of benzene rings is 1. The third-order valence-electron chi connectivity index (χ3n) is 4.39. The first-order valence-electron chi connectivity index (χ1n) is 8.21. The zero-order valence-corrected chi connectivity index (χ0v) is 14.3. The Kier molecular flexibility index (Phi) is 6.32. The van der Waals surface area contributed by atoms with Crippen molar-refractivity contribution in [1.29, 1.82) is 0 Å². The number of rotatable bonds is 6. The monoisotopic (exact) mass is 350 g/mol. The van der Waals surface area contributed by atoms with E-state index in [-0.39, 0.29) is 35.6 Å². The Balaban J connectivity index is 2.00. The zero-order chi connectivity index (χ0) is 18.4. The lowest BCUT2D eigenvalue weighted by Gasteiger charge is -2.29. The lowest BCUT2D eigenvalue weighted by Crippen LogP contribution is -2.43. The molecule has 1 aliphatic carbocycles. The second-order valence-corrected chi connectivity index (χ2v) is 6.16. The summed E-state index contributed by atoms with van der Waals surface area (Å²) in [6.07, 6.45) is 4.26. The first-order chi connectivity index (χ1) is 11.9. The number of hydrogen-bond acceptors (Lipinski definition) is 6. The van der Waals surface area contributed by atoms with Gasteiger partial charge in [-0.1, -0.05) is 19.8 Å². The molecule has 0 aliphatic heterocycles. The summed E-state index contributed by atoms with van der Waals surface area (Å²) < 4.78 is 9.84. The van der Waals surface area contributed by atoms with Crippen LogP contribution in [0.5, 0.6) is 5.75 Å². The summed E-state index contributed by atoms with van der Waals surface area (Å²) in [4.78, 5) is 34.0. The summed E-state index contributed by atoms with van der Waals surface area (Å²) in [6, 6.07) is 3.83. The number of methoxy groups -OCH3 is 1. The largest absolute Gasteiger partial charge is 0.477 e. The molecule has 2 rings (SSSR count). The van der Waals surface area contributed by atoms with Crippen molar-refractivity contribution >= 4 is 17.6 Å².